The van der Waals surface area contributed by atoms with Gasteiger partial charge in [0, 0.05) is 25.7 Å². The van der Waals surface area contributed by atoms with E-state index in [4.69, 9.17) is 5.11 Å². The van der Waals surface area contributed by atoms with E-state index < -0.39 is 5.97 Å². The highest BCUT2D eigenvalue weighted by molar-refractivity contribution is 5.66. The first-order chi connectivity index (χ1) is 10.8. The van der Waals surface area contributed by atoms with Crippen molar-refractivity contribution in [3.8, 4) is 47.4 Å². The van der Waals surface area contributed by atoms with E-state index >= 15 is 0 Å². The first-order valence-corrected chi connectivity index (χ1v) is 7.82. The third kappa shape index (κ3) is 17.7. The molecule has 0 atom stereocenters. The van der Waals surface area contributed by atoms with Gasteiger partial charge >= 0.3 is 5.97 Å². The third-order valence-electron chi connectivity index (χ3n) is 2.60. The molecule has 2 heteroatoms. The number of hydrogen-bond acceptors (Lipinski definition) is 1. The zero-order valence-electron chi connectivity index (χ0n) is 13.4. The SMILES string of the molecule is CCCCCC#CCC#CCC#CCCC#CCCC(=O)O. The van der Waals surface area contributed by atoms with Crippen molar-refractivity contribution in [1.82, 2.24) is 0 Å². The van der Waals surface area contributed by atoms with Gasteiger partial charge in [0.05, 0.1) is 19.3 Å². The van der Waals surface area contributed by atoms with Gasteiger partial charge in [-0.25, -0.2) is 0 Å². The van der Waals surface area contributed by atoms with Crippen LogP contribution in [0.15, 0.2) is 0 Å². The largest absolute Gasteiger partial charge is 0.481 e. The monoisotopic (exact) mass is 296 g/mol. The Labute approximate surface area is 135 Å². The fourth-order valence-electron chi connectivity index (χ4n) is 1.45. The van der Waals surface area contributed by atoms with E-state index in [1.54, 1.807) is 0 Å². The Morgan fingerprint density at radius 1 is 0.727 bits per heavy atom. The quantitative estimate of drug-likeness (QED) is 0.594. The van der Waals surface area contributed by atoms with Crippen molar-refractivity contribution in [2.45, 2.75) is 71.1 Å². The van der Waals surface area contributed by atoms with Crippen LogP contribution < -0.4 is 0 Å². The fourth-order valence-corrected chi connectivity index (χ4v) is 1.45. The summed E-state index contributed by atoms with van der Waals surface area (Å²) < 4.78 is 0. The summed E-state index contributed by atoms with van der Waals surface area (Å²) in [4.78, 5) is 10.2. The molecule has 0 unspecified atom stereocenters. The lowest BCUT2D eigenvalue weighted by atomic mass is 10.2. The molecule has 2 nitrogen and oxygen atoms in total. The second-order valence-corrected chi connectivity index (χ2v) is 4.62. The second-order valence-electron chi connectivity index (χ2n) is 4.62. The number of unbranched alkanes of at least 4 members (excludes halogenated alkanes) is 4. The third-order valence-corrected chi connectivity index (χ3v) is 2.60. The van der Waals surface area contributed by atoms with Crippen molar-refractivity contribution < 1.29 is 9.90 Å². The van der Waals surface area contributed by atoms with E-state index in [2.05, 4.69) is 54.3 Å². The highest BCUT2D eigenvalue weighted by Crippen LogP contribution is 1.96. The summed E-state index contributed by atoms with van der Waals surface area (Å²) in [6.45, 7) is 2.19. The van der Waals surface area contributed by atoms with Crippen LogP contribution in [0.4, 0.5) is 0 Å². The van der Waals surface area contributed by atoms with Crippen molar-refractivity contribution in [3.63, 3.8) is 0 Å². The molecular weight excluding hydrogens is 272 g/mol. The van der Waals surface area contributed by atoms with Crippen molar-refractivity contribution >= 4 is 5.97 Å². The van der Waals surface area contributed by atoms with Gasteiger partial charge in [0.15, 0.2) is 0 Å². The maximum atomic E-state index is 10.2. The minimum absolute atomic E-state index is 0.107. The first-order valence-electron chi connectivity index (χ1n) is 7.82. The van der Waals surface area contributed by atoms with E-state index in [-0.39, 0.29) is 6.42 Å². The van der Waals surface area contributed by atoms with Crippen molar-refractivity contribution in [2.24, 2.45) is 0 Å². The minimum atomic E-state index is -0.807. The van der Waals surface area contributed by atoms with Gasteiger partial charge in [0.25, 0.3) is 0 Å². The standard InChI is InChI=1S/C20H24O2/c1-2-3-4-5-6-7-8-9-10-11-12-13-14-15-16-17-18-19-20(21)22/h2-5,8,11,14-15,18-19H2,1H3,(H,21,22). The molecule has 0 aliphatic heterocycles. The molecule has 116 valence electrons. The van der Waals surface area contributed by atoms with E-state index in [1.807, 2.05) is 0 Å². The summed E-state index contributed by atoms with van der Waals surface area (Å²) in [5.74, 6) is 23.1. The van der Waals surface area contributed by atoms with Crippen LogP contribution in [0.25, 0.3) is 0 Å². The van der Waals surface area contributed by atoms with Gasteiger partial charge in [-0.15, -0.1) is 23.7 Å². The Kier molecular flexibility index (Phi) is 15.0. The normalized spacial score (nSPS) is 8.05. The molecule has 1 N–H and O–H groups in total. The number of hydrogen-bond donors (Lipinski definition) is 1. The van der Waals surface area contributed by atoms with Crippen molar-refractivity contribution in [2.75, 3.05) is 0 Å². The van der Waals surface area contributed by atoms with Crippen LogP contribution in [-0.4, -0.2) is 11.1 Å². The predicted molar refractivity (Wildman–Crippen MR) is 90.6 cm³/mol. The summed E-state index contributed by atoms with van der Waals surface area (Å²) in [5.41, 5.74) is 0. The highest BCUT2D eigenvalue weighted by Gasteiger charge is 1.90. The molecule has 0 fully saturated rings. The van der Waals surface area contributed by atoms with Crippen LogP contribution in [0.2, 0.25) is 0 Å². The molecule has 0 amide bonds. The molecule has 0 aliphatic carbocycles. The minimum Gasteiger partial charge on any atom is -0.481 e. The average Bonchev–Trinajstić information content (AvgIpc) is 2.50. The number of carboxylic acids is 1. The molecule has 0 aromatic rings. The summed E-state index contributed by atoms with van der Waals surface area (Å²) in [6, 6.07) is 0. The molecule has 0 saturated heterocycles. The van der Waals surface area contributed by atoms with Crippen LogP contribution >= 0.6 is 0 Å². The lowest BCUT2D eigenvalue weighted by Gasteiger charge is -1.87. The maximum absolute atomic E-state index is 10.2. The fraction of sp³-hybridized carbons (Fsp3) is 0.550. The average molecular weight is 296 g/mol. The second kappa shape index (κ2) is 16.8. The molecule has 0 heterocycles. The molecule has 0 bridgehead atoms. The summed E-state index contributed by atoms with van der Waals surface area (Å²) in [6.07, 6.45) is 7.75. The van der Waals surface area contributed by atoms with E-state index in [9.17, 15) is 4.79 Å². The lowest BCUT2D eigenvalue weighted by molar-refractivity contribution is -0.136. The van der Waals surface area contributed by atoms with Crippen LogP contribution in [0.3, 0.4) is 0 Å². The molecule has 0 rings (SSSR count). The van der Waals surface area contributed by atoms with E-state index in [0.717, 1.165) is 6.42 Å². The molecule has 22 heavy (non-hydrogen) atoms. The Morgan fingerprint density at radius 3 is 1.82 bits per heavy atom. The molecule has 0 aliphatic rings. The van der Waals surface area contributed by atoms with Gasteiger partial charge < -0.3 is 5.11 Å². The summed E-state index contributed by atoms with van der Waals surface area (Å²) in [5, 5.41) is 8.43. The molecule has 0 spiro atoms. The van der Waals surface area contributed by atoms with E-state index in [0.29, 0.717) is 32.1 Å². The Bertz CT molecular complexity index is 541. The van der Waals surface area contributed by atoms with Crippen LogP contribution in [0.5, 0.6) is 0 Å². The zero-order chi connectivity index (χ0) is 16.3. The van der Waals surface area contributed by atoms with Gasteiger partial charge in [-0.3, -0.25) is 4.79 Å². The Hall–Kier alpha value is -2.29. The topological polar surface area (TPSA) is 37.3 Å². The van der Waals surface area contributed by atoms with Gasteiger partial charge in [-0.05, 0) is 6.42 Å². The summed E-state index contributed by atoms with van der Waals surface area (Å²) in [7, 11) is 0. The van der Waals surface area contributed by atoms with Crippen LogP contribution in [0, 0.1) is 47.4 Å². The Morgan fingerprint density at radius 2 is 1.23 bits per heavy atom. The lowest BCUT2D eigenvalue weighted by Crippen LogP contribution is -1.91. The zero-order valence-corrected chi connectivity index (χ0v) is 13.4. The number of aliphatic carboxylic acids is 1. The predicted octanol–water partition coefficient (Wildman–Crippen LogP) is 4.01. The molecule has 0 aromatic heterocycles. The maximum Gasteiger partial charge on any atom is 0.304 e. The Balaban J connectivity index is 3.56. The van der Waals surface area contributed by atoms with Gasteiger partial charge in [0.1, 0.15) is 0 Å². The van der Waals surface area contributed by atoms with Crippen LogP contribution in [0.1, 0.15) is 71.1 Å². The van der Waals surface area contributed by atoms with E-state index in [1.165, 1.54) is 19.3 Å². The van der Waals surface area contributed by atoms with Gasteiger partial charge in [0.2, 0.25) is 0 Å². The molecule has 0 aromatic carbocycles. The smallest absolute Gasteiger partial charge is 0.304 e. The molecule has 0 saturated carbocycles. The molecule has 0 radical (unpaired) electrons. The highest BCUT2D eigenvalue weighted by atomic mass is 16.4. The molecular formula is C20H24O2. The van der Waals surface area contributed by atoms with Crippen LogP contribution in [-0.2, 0) is 4.79 Å². The summed E-state index contributed by atoms with van der Waals surface area (Å²) >= 11 is 0. The first kappa shape index (κ1) is 19.7. The van der Waals surface area contributed by atoms with Gasteiger partial charge in [-0.2, -0.15) is 0 Å². The van der Waals surface area contributed by atoms with Gasteiger partial charge in [-0.1, -0.05) is 43.4 Å². The number of carboxylic acid groups (broad SMARTS) is 1. The van der Waals surface area contributed by atoms with Crippen molar-refractivity contribution in [1.29, 1.82) is 0 Å². The number of rotatable bonds is 6. The number of carbonyl (C=O) groups is 1. The van der Waals surface area contributed by atoms with Crippen molar-refractivity contribution in [3.05, 3.63) is 0 Å².